The van der Waals surface area contributed by atoms with E-state index in [1.54, 1.807) is 24.4 Å². The van der Waals surface area contributed by atoms with Gasteiger partial charge >= 0.3 is 0 Å². The first kappa shape index (κ1) is 12.9. The molecule has 2 aromatic rings. The van der Waals surface area contributed by atoms with Crippen LogP contribution in [0.15, 0.2) is 29.0 Å². The maximum Gasteiger partial charge on any atom is 0.257 e. The van der Waals surface area contributed by atoms with Crippen LogP contribution < -0.4 is 0 Å². The number of rotatable bonds is 4. The molecule has 1 N–H and O–H groups in total. The molecule has 1 saturated heterocycles. The molecule has 20 heavy (non-hydrogen) atoms. The van der Waals surface area contributed by atoms with Crippen molar-refractivity contribution in [2.45, 2.75) is 18.9 Å². The molecule has 6 nitrogen and oxygen atoms in total. The van der Waals surface area contributed by atoms with Gasteiger partial charge in [-0.2, -0.15) is 5.10 Å². The van der Waals surface area contributed by atoms with E-state index in [-0.39, 0.29) is 11.8 Å². The monoisotopic (exact) mass is 275 g/mol. The Hall–Kier alpha value is -2.08. The Morgan fingerprint density at radius 1 is 1.60 bits per heavy atom. The van der Waals surface area contributed by atoms with Crippen molar-refractivity contribution in [3.8, 4) is 0 Å². The molecule has 1 unspecified atom stereocenters. The molecular formula is C14H17N3O3. The summed E-state index contributed by atoms with van der Waals surface area (Å²) in [6.07, 6.45) is 4.12. The lowest BCUT2D eigenvalue weighted by Gasteiger charge is -2.16. The third-order valence-corrected chi connectivity index (χ3v) is 3.56. The van der Waals surface area contributed by atoms with Crippen molar-refractivity contribution in [1.29, 1.82) is 0 Å². The standard InChI is InChI=1S/C14H17N3O3/c1-17(8-11-3-2-5-20-11)14(18)12-7-15-16-13(12)10-4-6-19-9-10/h2-3,5,7,10H,4,6,8-9H2,1H3,(H,15,16). The normalized spacial score (nSPS) is 18.4. The first-order chi connectivity index (χ1) is 9.75. The van der Waals surface area contributed by atoms with Crippen molar-refractivity contribution < 1.29 is 13.9 Å². The van der Waals surface area contributed by atoms with E-state index in [2.05, 4.69) is 10.2 Å². The van der Waals surface area contributed by atoms with Gasteiger partial charge in [0, 0.05) is 19.6 Å². The summed E-state index contributed by atoms with van der Waals surface area (Å²) in [5, 5.41) is 6.96. The van der Waals surface area contributed by atoms with E-state index in [9.17, 15) is 4.79 Å². The van der Waals surface area contributed by atoms with Gasteiger partial charge in [0.2, 0.25) is 0 Å². The smallest absolute Gasteiger partial charge is 0.257 e. The maximum absolute atomic E-state index is 12.5. The molecule has 0 bridgehead atoms. The van der Waals surface area contributed by atoms with Gasteiger partial charge in [-0.25, -0.2) is 0 Å². The average Bonchev–Trinajstić information content (AvgIpc) is 3.18. The van der Waals surface area contributed by atoms with Gasteiger partial charge in [-0.3, -0.25) is 9.89 Å². The van der Waals surface area contributed by atoms with Crippen LogP contribution in [0.1, 0.15) is 34.2 Å². The fraction of sp³-hybridized carbons (Fsp3) is 0.429. The van der Waals surface area contributed by atoms with Crippen molar-refractivity contribution in [3.63, 3.8) is 0 Å². The fourth-order valence-electron chi connectivity index (χ4n) is 2.45. The summed E-state index contributed by atoms with van der Waals surface area (Å²) in [7, 11) is 1.76. The Balaban J connectivity index is 1.75. The van der Waals surface area contributed by atoms with E-state index in [4.69, 9.17) is 9.15 Å². The number of H-pyrrole nitrogens is 1. The zero-order chi connectivity index (χ0) is 13.9. The number of ether oxygens (including phenoxy) is 1. The lowest BCUT2D eigenvalue weighted by atomic mass is 10.0. The lowest BCUT2D eigenvalue weighted by Crippen LogP contribution is -2.27. The van der Waals surface area contributed by atoms with E-state index in [0.717, 1.165) is 24.5 Å². The highest BCUT2D eigenvalue weighted by atomic mass is 16.5. The van der Waals surface area contributed by atoms with Gasteiger partial charge in [-0.05, 0) is 18.6 Å². The van der Waals surface area contributed by atoms with Crippen LogP contribution in [0, 0.1) is 0 Å². The average molecular weight is 275 g/mol. The van der Waals surface area contributed by atoms with Gasteiger partial charge in [-0.1, -0.05) is 0 Å². The predicted molar refractivity (Wildman–Crippen MR) is 71.3 cm³/mol. The summed E-state index contributed by atoms with van der Waals surface area (Å²) < 4.78 is 10.6. The summed E-state index contributed by atoms with van der Waals surface area (Å²) in [5.41, 5.74) is 1.49. The van der Waals surface area contributed by atoms with E-state index in [1.807, 2.05) is 12.1 Å². The minimum absolute atomic E-state index is 0.0583. The molecule has 0 aliphatic carbocycles. The van der Waals surface area contributed by atoms with Crippen LogP contribution in [0.5, 0.6) is 0 Å². The molecule has 1 atom stereocenters. The molecule has 0 saturated carbocycles. The van der Waals surface area contributed by atoms with Crippen LogP contribution in [-0.4, -0.2) is 41.3 Å². The molecule has 2 aromatic heterocycles. The summed E-state index contributed by atoms with van der Waals surface area (Å²) in [5.74, 6) is 0.931. The zero-order valence-corrected chi connectivity index (χ0v) is 11.3. The molecular weight excluding hydrogens is 258 g/mol. The highest BCUT2D eigenvalue weighted by Crippen LogP contribution is 2.26. The summed E-state index contributed by atoms with van der Waals surface area (Å²) in [4.78, 5) is 14.1. The van der Waals surface area contributed by atoms with Gasteiger partial charge < -0.3 is 14.1 Å². The number of furan rings is 1. The van der Waals surface area contributed by atoms with Crippen molar-refractivity contribution in [2.75, 3.05) is 20.3 Å². The number of hydrogen-bond donors (Lipinski definition) is 1. The molecule has 1 amide bonds. The van der Waals surface area contributed by atoms with Crippen LogP contribution in [-0.2, 0) is 11.3 Å². The van der Waals surface area contributed by atoms with Crippen molar-refractivity contribution in [2.24, 2.45) is 0 Å². The highest BCUT2D eigenvalue weighted by Gasteiger charge is 2.26. The number of nitrogens with one attached hydrogen (secondary N) is 1. The molecule has 3 rings (SSSR count). The van der Waals surface area contributed by atoms with Gasteiger partial charge in [0.25, 0.3) is 5.91 Å². The Morgan fingerprint density at radius 2 is 2.50 bits per heavy atom. The quantitative estimate of drug-likeness (QED) is 0.923. The van der Waals surface area contributed by atoms with E-state index in [0.29, 0.717) is 18.7 Å². The van der Waals surface area contributed by atoms with Crippen LogP contribution >= 0.6 is 0 Å². The molecule has 1 fully saturated rings. The zero-order valence-electron chi connectivity index (χ0n) is 11.3. The van der Waals surface area contributed by atoms with E-state index in [1.165, 1.54) is 0 Å². The number of hydrogen-bond acceptors (Lipinski definition) is 4. The fourth-order valence-corrected chi connectivity index (χ4v) is 2.45. The second-order valence-electron chi connectivity index (χ2n) is 5.00. The van der Waals surface area contributed by atoms with Gasteiger partial charge in [0.15, 0.2) is 0 Å². The molecule has 0 radical (unpaired) electrons. The van der Waals surface area contributed by atoms with Gasteiger partial charge in [0.05, 0.1) is 36.9 Å². The second kappa shape index (κ2) is 5.50. The number of carbonyl (C=O) groups excluding carboxylic acids is 1. The Labute approximate surface area is 116 Å². The summed E-state index contributed by atoms with van der Waals surface area (Å²) in [6, 6.07) is 3.66. The topological polar surface area (TPSA) is 71.4 Å². The third-order valence-electron chi connectivity index (χ3n) is 3.56. The first-order valence-electron chi connectivity index (χ1n) is 6.64. The van der Waals surface area contributed by atoms with Crippen molar-refractivity contribution in [1.82, 2.24) is 15.1 Å². The Morgan fingerprint density at radius 3 is 3.20 bits per heavy atom. The van der Waals surface area contributed by atoms with Crippen LogP contribution in [0.3, 0.4) is 0 Å². The number of aromatic amines is 1. The van der Waals surface area contributed by atoms with Crippen molar-refractivity contribution in [3.05, 3.63) is 41.6 Å². The molecule has 1 aliphatic rings. The molecule has 0 aromatic carbocycles. The first-order valence-corrected chi connectivity index (χ1v) is 6.64. The Kier molecular flexibility index (Phi) is 3.56. The van der Waals surface area contributed by atoms with Crippen LogP contribution in [0.2, 0.25) is 0 Å². The molecule has 3 heterocycles. The van der Waals surface area contributed by atoms with Gasteiger partial charge in [0.1, 0.15) is 5.76 Å². The highest BCUT2D eigenvalue weighted by molar-refractivity contribution is 5.95. The third kappa shape index (κ3) is 2.46. The number of nitrogens with zero attached hydrogens (tertiary/aromatic N) is 2. The number of amides is 1. The van der Waals surface area contributed by atoms with Gasteiger partial charge in [-0.15, -0.1) is 0 Å². The molecule has 0 spiro atoms. The number of aromatic nitrogens is 2. The van der Waals surface area contributed by atoms with E-state index < -0.39 is 0 Å². The largest absolute Gasteiger partial charge is 0.467 e. The van der Waals surface area contributed by atoms with Crippen LogP contribution in [0.25, 0.3) is 0 Å². The summed E-state index contributed by atoms with van der Waals surface area (Å²) in [6.45, 7) is 1.82. The molecule has 106 valence electrons. The second-order valence-corrected chi connectivity index (χ2v) is 5.00. The lowest BCUT2D eigenvalue weighted by molar-refractivity contribution is 0.0774. The Bertz CT molecular complexity index is 570. The number of carbonyl (C=O) groups is 1. The van der Waals surface area contributed by atoms with Crippen LogP contribution in [0.4, 0.5) is 0 Å². The maximum atomic E-state index is 12.5. The minimum atomic E-state index is -0.0583. The SMILES string of the molecule is CN(Cc1ccco1)C(=O)c1cn[nH]c1C1CCOC1. The predicted octanol–water partition coefficient (Wildman–Crippen LogP) is 1.78. The van der Waals surface area contributed by atoms with E-state index >= 15 is 0 Å². The molecule has 1 aliphatic heterocycles. The summed E-state index contributed by atoms with van der Waals surface area (Å²) >= 11 is 0. The molecule has 6 heteroatoms. The van der Waals surface area contributed by atoms with Crippen molar-refractivity contribution >= 4 is 5.91 Å². The minimum Gasteiger partial charge on any atom is -0.467 e.